The Hall–Kier alpha value is -2.25. The number of amides is 2. The van der Waals surface area contributed by atoms with Crippen molar-refractivity contribution in [2.24, 2.45) is 5.92 Å². The van der Waals surface area contributed by atoms with Gasteiger partial charge in [0, 0.05) is 31.6 Å². The third-order valence-corrected chi connectivity index (χ3v) is 5.23. The van der Waals surface area contributed by atoms with E-state index in [1.54, 1.807) is 0 Å². The van der Waals surface area contributed by atoms with Crippen LogP contribution in [0.1, 0.15) is 30.7 Å². The largest absolute Gasteiger partial charge is 0.471 e. The number of halogens is 3. The maximum atomic E-state index is 13.1. The molecule has 0 spiro atoms. The van der Waals surface area contributed by atoms with Crippen molar-refractivity contribution in [1.82, 2.24) is 9.80 Å². The summed E-state index contributed by atoms with van der Waals surface area (Å²) >= 11 is 0. The standard InChI is InChI=1S/C18H21F3N2O3/c19-18(20,21)16(24)23(11-12-6-8-22(9-7-12)17(25)26)15-10-14(15)13-4-2-1-3-5-13/h1-5,12,14-15H,6-11H2,(H,25,26)/t14-,15+/m0/s1. The minimum atomic E-state index is -4.90. The number of carbonyl (C=O) groups excluding carboxylic acids is 1. The topological polar surface area (TPSA) is 60.9 Å². The van der Waals surface area contributed by atoms with Crippen LogP contribution in [0.4, 0.5) is 18.0 Å². The SMILES string of the molecule is O=C(O)N1CCC(CN(C(=O)C(F)(F)F)[C@@H]2C[C@H]2c2ccccc2)CC1. The van der Waals surface area contributed by atoms with Crippen molar-refractivity contribution < 1.29 is 27.9 Å². The van der Waals surface area contributed by atoms with Gasteiger partial charge in [-0.25, -0.2) is 4.79 Å². The van der Waals surface area contributed by atoms with Gasteiger partial charge in [-0.1, -0.05) is 30.3 Å². The second-order valence-electron chi connectivity index (χ2n) is 6.99. The Morgan fingerprint density at radius 2 is 1.77 bits per heavy atom. The van der Waals surface area contributed by atoms with Gasteiger partial charge >= 0.3 is 18.2 Å². The smallest absolute Gasteiger partial charge is 0.465 e. The molecule has 0 radical (unpaired) electrons. The fourth-order valence-corrected chi connectivity index (χ4v) is 3.70. The number of likely N-dealkylation sites (tertiary alicyclic amines) is 1. The van der Waals surface area contributed by atoms with E-state index in [9.17, 15) is 22.8 Å². The van der Waals surface area contributed by atoms with Crippen molar-refractivity contribution in [3.05, 3.63) is 35.9 Å². The first-order valence-electron chi connectivity index (χ1n) is 8.68. The molecular weight excluding hydrogens is 349 g/mol. The molecule has 1 N–H and O–H groups in total. The molecule has 5 nitrogen and oxygen atoms in total. The van der Waals surface area contributed by atoms with Crippen LogP contribution in [0.5, 0.6) is 0 Å². The molecule has 0 bridgehead atoms. The highest BCUT2D eigenvalue weighted by atomic mass is 19.4. The Kier molecular flexibility index (Phi) is 5.11. The molecule has 1 heterocycles. The monoisotopic (exact) mass is 370 g/mol. The van der Waals surface area contributed by atoms with Gasteiger partial charge in [0.1, 0.15) is 0 Å². The molecule has 0 aromatic heterocycles. The van der Waals surface area contributed by atoms with Crippen LogP contribution >= 0.6 is 0 Å². The summed E-state index contributed by atoms with van der Waals surface area (Å²) in [7, 11) is 0. The molecule has 1 aromatic carbocycles. The van der Waals surface area contributed by atoms with E-state index in [0.717, 1.165) is 10.5 Å². The highest BCUT2D eigenvalue weighted by Gasteiger charge is 2.52. The average Bonchev–Trinajstić information content (AvgIpc) is 3.40. The van der Waals surface area contributed by atoms with Crippen LogP contribution in [0, 0.1) is 5.92 Å². The van der Waals surface area contributed by atoms with Crippen LogP contribution in [0.3, 0.4) is 0 Å². The molecule has 3 rings (SSSR count). The van der Waals surface area contributed by atoms with E-state index >= 15 is 0 Å². The van der Waals surface area contributed by atoms with Gasteiger partial charge in [-0.15, -0.1) is 0 Å². The molecule has 2 fully saturated rings. The zero-order chi connectivity index (χ0) is 18.9. The van der Waals surface area contributed by atoms with E-state index in [2.05, 4.69) is 0 Å². The zero-order valence-electron chi connectivity index (χ0n) is 14.2. The first-order valence-corrected chi connectivity index (χ1v) is 8.68. The second kappa shape index (κ2) is 7.17. The fourth-order valence-electron chi connectivity index (χ4n) is 3.70. The van der Waals surface area contributed by atoms with Crippen LogP contribution in [0.15, 0.2) is 30.3 Å². The first-order chi connectivity index (χ1) is 12.3. The van der Waals surface area contributed by atoms with E-state index < -0.39 is 24.2 Å². The van der Waals surface area contributed by atoms with Gasteiger partial charge < -0.3 is 14.9 Å². The molecule has 1 aliphatic carbocycles. The Morgan fingerprint density at radius 3 is 2.31 bits per heavy atom. The lowest BCUT2D eigenvalue weighted by atomic mass is 9.96. The quantitative estimate of drug-likeness (QED) is 0.885. The molecule has 2 aliphatic rings. The lowest BCUT2D eigenvalue weighted by Crippen LogP contribution is -2.47. The van der Waals surface area contributed by atoms with E-state index in [0.29, 0.717) is 32.4 Å². The highest BCUT2D eigenvalue weighted by molar-refractivity contribution is 5.82. The highest BCUT2D eigenvalue weighted by Crippen LogP contribution is 2.46. The van der Waals surface area contributed by atoms with Crippen LogP contribution in [-0.4, -0.2) is 58.8 Å². The minimum absolute atomic E-state index is 0.0276. The van der Waals surface area contributed by atoms with Crippen LogP contribution in [0.2, 0.25) is 0 Å². The molecule has 1 aliphatic heterocycles. The second-order valence-corrected chi connectivity index (χ2v) is 6.99. The summed E-state index contributed by atoms with van der Waals surface area (Å²) in [5.74, 6) is -1.97. The molecule has 26 heavy (non-hydrogen) atoms. The van der Waals surface area contributed by atoms with Crippen LogP contribution in [-0.2, 0) is 4.79 Å². The number of nitrogens with zero attached hydrogens (tertiary/aromatic N) is 2. The third kappa shape index (κ3) is 4.11. The number of hydrogen-bond donors (Lipinski definition) is 1. The van der Waals surface area contributed by atoms with Gasteiger partial charge in [-0.2, -0.15) is 13.2 Å². The lowest BCUT2D eigenvalue weighted by molar-refractivity contribution is -0.187. The van der Waals surface area contributed by atoms with Crippen LogP contribution < -0.4 is 0 Å². The summed E-state index contributed by atoms with van der Waals surface area (Å²) in [6.07, 6.45) is -4.45. The van der Waals surface area contributed by atoms with Gasteiger partial charge in [0.05, 0.1) is 0 Å². The predicted molar refractivity (Wildman–Crippen MR) is 87.7 cm³/mol. The van der Waals surface area contributed by atoms with Crippen molar-refractivity contribution in [3.63, 3.8) is 0 Å². The fraction of sp³-hybridized carbons (Fsp3) is 0.556. The Morgan fingerprint density at radius 1 is 1.15 bits per heavy atom. The predicted octanol–water partition coefficient (Wildman–Crippen LogP) is 3.32. The van der Waals surface area contributed by atoms with Crippen molar-refractivity contribution in [1.29, 1.82) is 0 Å². The average molecular weight is 370 g/mol. The molecule has 1 aromatic rings. The summed E-state index contributed by atoms with van der Waals surface area (Å²) in [4.78, 5) is 25.2. The zero-order valence-corrected chi connectivity index (χ0v) is 14.2. The Balaban J connectivity index is 1.68. The van der Waals surface area contributed by atoms with Gasteiger partial charge in [0.25, 0.3) is 0 Å². The summed E-state index contributed by atoms with van der Waals surface area (Å²) in [5.41, 5.74) is 0.943. The summed E-state index contributed by atoms with van der Waals surface area (Å²) in [6.45, 7) is 0.613. The normalized spacial score (nSPS) is 23.6. The third-order valence-electron chi connectivity index (χ3n) is 5.23. The van der Waals surface area contributed by atoms with Crippen molar-refractivity contribution in [3.8, 4) is 0 Å². The molecule has 2 atom stereocenters. The maximum Gasteiger partial charge on any atom is 0.471 e. The molecule has 142 valence electrons. The molecule has 0 unspecified atom stereocenters. The van der Waals surface area contributed by atoms with Gasteiger partial charge in [-0.3, -0.25) is 4.79 Å². The number of rotatable bonds is 4. The number of piperidine rings is 1. The lowest BCUT2D eigenvalue weighted by Gasteiger charge is -2.34. The summed E-state index contributed by atoms with van der Waals surface area (Å²) in [5, 5.41) is 8.97. The van der Waals surface area contributed by atoms with Gasteiger partial charge in [0.15, 0.2) is 0 Å². The number of benzene rings is 1. The molecule has 1 saturated carbocycles. The Bertz CT molecular complexity index is 657. The van der Waals surface area contributed by atoms with E-state index in [1.807, 2.05) is 30.3 Å². The van der Waals surface area contributed by atoms with Crippen LogP contribution in [0.25, 0.3) is 0 Å². The number of alkyl halides is 3. The van der Waals surface area contributed by atoms with E-state index in [1.165, 1.54) is 4.90 Å². The van der Waals surface area contributed by atoms with Crippen molar-refractivity contribution in [2.45, 2.75) is 37.4 Å². The molecule has 8 heteroatoms. The number of carbonyl (C=O) groups is 2. The molecule has 2 amide bonds. The number of carboxylic acid groups (broad SMARTS) is 1. The number of hydrogen-bond acceptors (Lipinski definition) is 2. The Labute approximate surface area is 149 Å². The van der Waals surface area contributed by atoms with Gasteiger partial charge in [0.2, 0.25) is 0 Å². The minimum Gasteiger partial charge on any atom is -0.465 e. The van der Waals surface area contributed by atoms with E-state index in [4.69, 9.17) is 5.11 Å². The van der Waals surface area contributed by atoms with Crippen molar-refractivity contribution in [2.75, 3.05) is 19.6 Å². The van der Waals surface area contributed by atoms with Crippen molar-refractivity contribution >= 4 is 12.0 Å². The summed E-state index contributed by atoms with van der Waals surface area (Å²) < 4.78 is 39.2. The maximum absolute atomic E-state index is 13.1. The van der Waals surface area contributed by atoms with Gasteiger partial charge in [-0.05, 0) is 30.7 Å². The molecule has 1 saturated heterocycles. The molecular formula is C18H21F3N2O3. The van der Waals surface area contributed by atoms with E-state index in [-0.39, 0.29) is 18.4 Å². The summed E-state index contributed by atoms with van der Waals surface area (Å²) in [6, 6.07) is 8.81. The first kappa shape index (κ1) is 18.5.